The molecule has 0 atom stereocenters. The van der Waals surface area contributed by atoms with E-state index >= 15 is 0 Å². The maximum atomic E-state index is 10.8. The normalized spacial score (nSPS) is 10.4. The Kier molecular flexibility index (Phi) is 3.88. The lowest BCUT2D eigenvalue weighted by Gasteiger charge is -1.99. The Morgan fingerprint density at radius 1 is 1.57 bits per heavy atom. The highest BCUT2D eigenvalue weighted by molar-refractivity contribution is 5.94. The summed E-state index contributed by atoms with van der Waals surface area (Å²) in [6.45, 7) is -0.458. The van der Waals surface area contributed by atoms with Crippen LogP contribution < -0.4 is 4.74 Å². The molecule has 0 bridgehead atoms. The summed E-state index contributed by atoms with van der Waals surface area (Å²) in [6, 6.07) is 7.32. The van der Waals surface area contributed by atoms with Crippen LogP contribution in [0.4, 0.5) is 0 Å². The summed E-state index contributed by atoms with van der Waals surface area (Å²) in [4.78, 5) is 10.8. The molecule has 3 nitrogen and oxygen atoms in total. The second-order valence-corrected chi connectivity index (χ2v) is 2.73. The van der Waals surface area contributed by atoms with Crippen molar-refractivity contribution in [3.05, 3.63) is 35.9 Å². The van der Waals surface area contributed by atoms with Crippen molar-refractivity contribution in [2.45, 2.75) is 0 Å². The molecule has 0 amide bonds. The number of hydrogen-bond donors (Lipinski definition) is 1. The molecule has 14 heavy (non-hydrogen) atoms. The third-order valence-electron chi connectivity index (χ3n) is 1.71. The molecule has 0 aliphatic carbocycles. The van der Waals surface area contributed by atoms with E-state index < -0.39 is 6.61 Å². The van der Waals surface area contributed by atoms with Gasteiger partial charge in [0.25, 0.3) is 0 Å². The van der Waals surface area contributed by atoms with Gasteiger partial charge in [0.2, 0.25) is 0 Å². The molecule has 0 aliphatic heterocycles. The maximum absolute atomic E-state index is 10.8. The van der Waals surface area contributed by atoms with Gasteiger partial charge in [0.1, 0.15) is 12.4 Å². The lowest BCUT2D eigenvalue weighted by atomic mass is 10.2. The van der Waals surface area contributed by atoms with Gasteiger partial charge in [0.15, 0.2) is 5.78 Å². The quantitative estimate of drug-likeness (QED) is 0.731. The molecule has 0 aromatic heterocycles. The molecular weight excluding hydrogens is 180 g/mol. The predicted molar refractivity (Wildman–Crippen MR) is 54.1 cm³/mol. The first-order valence-electron chi connectivity index (χ1n) is 4.22. The van der Waals surface area contributed by atoms with Crippen LogP contribution in [0.2, 0.25) is 0 Å². The van der Waals surface area contributed by atoms with Crippen molar-refractivity contribution >= 4 is 11.9 Å². The van der Waals surface area contributed by atoms with E-state index in [-0.39, 0.29) is 5.78 Å². The molecule has 0 saturated carbocycles. The van der Waals surface area contributed by atoms with Crippen LogP contribution in [0, 0.1) is 0 Å². The zero-order valence-electron chi connectivity index (χ0n) is 7.93. The molecule has 0 aliphatic rings. The Balaban J connectivity index is 2.76. The highest BCUT2D eigenvalue weighted by Crippen LogP contribution is 2.13. The lowest BCUT2D eigenvalue weighted by Crippen LogP contribution is -1.97. The molecule has 0 saturated heterocycles. The largest absolute Gasteiger partial charge is 0.497 e. The fourth-order valence-corrected chi connectivity index (χ4v) is 0.987. The molecule has 0 fully saturated rings. The van der Waals surface area contributed by atoms with Crippen LogP contribution in [0.5, 0.6) is 5.75 Å². The van der Waals surface area contributed by atoms with Crippen molar-refractivity contribution < 1.29 is 14.6 Å². The lowest BCUT2D eigenvalue weighted by molar-refractivity contribution is -0.117. The molecule has 1 aromatic rings. The van der Waals surface area contributed by atoms with Crippen molar-refractivity contribution in [2.75, 3.05) is 13.7 Å². The first-order chi connectivity index (χ1) is 6.76. The van der Waals surface area contributed by atoms with E-state index in [1.807, 2.05) is 18.2 Å². The molecular formula is C11H12O3. The highest BCUT2D eigenvalue weighted by atomic mass is 16.5. The number of ether oxygens (including phenoxy) is 1. The summed E-state index contributed by atoms with van der Waals surface area (Å²) in [5.41, 5.74) is 0.867. The van der Waals surface area contributed by atoms with Gasteiger partial charge in [0.05, 0.1) is 7.11 Å². The summed E-state index contributed by atoms with van der Waals surface area (Å²) < 4.78 is 5.02. The number of carbonyl (C=O) groups excluding carboxylic acids is 1. The van der Waals surface area contributed by atoms with E-state index in [0.717, 1.165) is 11.3 Å². The van der Waals surface area contributed by atoms with Gasteiger partial charge in [-0.1, -0.05) is 18.2 Å². The van der Waals surface area contributed by atoms with Crippen LogP contribution in [-0.2, 0) is 4.79 Å². The fourth-order valence-electron chi connectivity index (χ4n) is 0.987. The predicted octanol–water partition coefficient (Wildman–Crippen LogP) is 1.27. The Bertz CT molecular complexity index is 342. The molecule has 1 aromatic carbocycles. The molecule has 3 heteroatoms. The summed E-state index contributed by atoms with van der Waals surface area (Å²) in [6.07, 6.45) is 2.98. The molecule has 1 N–H and O–H groups in total. The van der Waals surface area contributed by atoms with Crippen molar-refractivity contribution in [1.29, 1.82) is 0 Å². The van der Waals surface area contributed by atoms with E-state index in [1.54, 1.807) is 19.3 Å². The number of aliphatic hydroxyl groups is 1. The monoisotopic (exact) mass is 192 g/mol. The summed E-state index contributed by atoms with van der Waals surface area (Å²) in [7, 11) is 1.59. The average molecular weight is 192 g/mol. The van der Waals surface area contributed by atoms with E-state index in [9.17, 15) is 4.79 Å². The smallest absolute Gasteiger partial charge is 0.181 e. The second-order valence-electron chi connectivity index (χ2n) is 2.73. The number of benzene rings is 1. The number of ketones is 1. The first kappa shape index (κ1) is 10.5. The highest BCUT2D eigenvalue weighted by Gasteiger charge is 1.93. The van der Waals surface area contributed by atoms with Gasteiger partial charge in [-0.25, -0.2) is 0 Å². The summed E-state index contributed by atoms with van der Waals surface area (Å²) in [5, 5.41) is 8.49. The minimum absolute atomic E-state index is 0.312. The van der Waals surface area contributed by atoms with Crippen molar-refractivity contribution in [3.8, 4) is 5.75 Å². The van der Waals surface area contributed by atoms with Crippen molar-refractivity contribution in [1.82, 2.24) is 0 Å². The molecule has 0 radical (unpaired) electrons. The summed E-state index contributed by atoms with van der Waals surface area (Å²) >= 11 is 0. The zero-order chi connectivity index (χ0) is 10.4. The maximum Gasteiger partial charge on any atom is 0.181 e. The molecule has 0 spiro atoms. The van der Waals surface area contributed by atoms with E-state index in [2.05, 4.69) is 0 Å². The fraction of sp³-hybridized carbons (Fsp3) is 0.182. The van der Waals surface area contributed by atoms with E-state index in [1.165, 1.54) is 6.08 Å². The van der Waals surface area contributed by atoms with E-state index in [4.69, 9.17) is 9.84 Å². The Labute approximate surface area is 82.6 Å². The number of methoxy groups -OCH3 is 1. The van der Waals surface area contributed by atoms with Gasteiger partial charge < -0.3 is 9.84 Å². The zero-order valence-corrected chi connectivity index (χ0v) is 7.93. The first-order valence-corrected chi connectivity index (χ1v) is 4.22. The van der Waals surface area contributed by atoms with Gasteiger partial charge in [0, 0.05) is 0 Å². The standard InChI is InChI=1S/C11H12O3/c1-14-11-4-2-3-9(7-11)5-6-10(13)8-12/h2-7,12H,8H2,1H3. The van der Waals surface area contributed by atoms with Gasteiger partial charge in [-0.3, -0.25) is 4.79 Å². The minimum atomic E-state index is -0.458. The van der Waals surface area contributed by atoms with Crippen LogP contribution in [0.15, 0.2) is 30.3 Å². The Morgan fingerprint density at radius 2 is 2.36 bits per heavy atom. The van der Waals surface area contributed by atoms with Crippen LogP contribution in [0.3, 0.4) is 0 Å². The number of hydrogen-bond acceptors (Lipinski definition) is 3. The van der Waals surface area contributed by atoms with Crippen LogP contribution in [-0.4, -0.2) is 24.6 Å². The molecule has 0 heterocycles. The molecule has 1 rings (SSSR count). The van der Waals surface area contributed by atoms with Crippen LogP contribution >= 0.6 is 0 Å². The van der Waals surface area contributed by atoms with Crippen molar-refractivity contribution in [3.63, 3.8) is 0 Å². The number of aliphatic hydroxyl groups excluding tert-OH is 1. The van der Waals surface area contributed by atoms with Gasteiger partial charge in [-0.05, 0) is 23.8 Å². The van der Waals surface area contributed by atoms with Gasteiger partial charge in [-0.2, -0.15) is 0 Å². The summed E-state index contributed by atoms with van der Waals surface area (Å²) in [5.74, 6) is 0.427. The number of carbonyl (C=O) groups is 1. The third kappa shape index (κ3) is 3.03. The van der Waals surface area contributed by atoms with Gasteiger partial charge in [-0.15, -0.1) is 0 Å². The molecule has 0 unspecified atom stereocenters. The van der Waals surface area contributed by atoms with Gasteiger partial charge >= 0.3 is 0 Å². The molecule has 74 valence electrons. The topological polar surface area (TPSA) is 46.5 Å². The van der Waals surface area contributed by atoms with Crippen LogP contribution in [0.1, 0.15) is 5.56 Å². The number of rotatable bonds is 4. The minimum Gasteiger partial charge on any atom is -0.497 e. The SMILES string of the molecule is COc1cccc(C=CC(=O)CO)c1. The average Bonchev–Trinajstić information content (AvgIpc) is 2.26. The third-order valence-corrected chi connectivity index (χ3v) is 1.71. The second kappa shape index (κ2) is 5.19. The van der Waals surface area contributed by atoms with E-state index in [0.29, 0.717) is 0 Å². The Hall–Kier alpha value is -1.61. The van der Waals surface area contributed by atoms with Crippen LogP contribution in [0.25, 0.3) is 6.08 Å². The van der Waals surface area contributed by atoms with Crippen molar-refractivity contribution in [2.24, 2.45) is 0 Å². The Morgan fingerprint density at radius 3 is 3.00 bits per heavy atom.